The van der Waals surface area contributed by atoms with Gasteiger partial charge in [0.05, 0.1) is 13.2 Å². The molecule has 0 saturated carbocycles. The van der Waals surface area contributed by atoms with Crippen LogP contribution in [0.25, 0.3) is 0 Å². The van der Waals surface area contributed by atoms with E-state index in [9.17, 15) is 5.11 Å². The highest BCUT2D eigenvalue weighted by Gasteiger charge is 2.33. The first kappa shape index (κ1) is 16.0. The minimum Gasteiger partial charge on any atom is -0.490 e. The number of aromatic nitrogens is 2. The van der Waals surface area contributed by atoms with Crippen LogP contribution in [0.3, 0.4) is 0 Å². The smallest absolute Gasteiger partial charge is 0.134 e. The number of nitrogens with one attached hydrogen (secondary N) is 1. The highest BCUT2D eigenvalue weighted by atomic mass is 16.5. The van der Waals surface area contributed by atoms with Crippen molar-refractivity contribution in [3.05, 3.63) is 47.8 Å². The molecule has 1 fully saturated rings. The van der Waals surface area contributed by atoms with Gasteiger partial charge >= 0.3 is 0 Å². The average Bonchev–Trinajstić information content (AvgIpc) is 2.95. The van der Waals surface area contributed by atoms with Crippen LogP contribution in [-0.4, -0.2) is 58.7 Å². The van der Waals surface area contributed by atoms with E-state index in [0.29, 0.717) is 19.7 Å². The molecule has 1 saturated heterocycles. The largest absolute Gasteiger partial charge is 0.490 e. The molecule has 1 aromatic carbocycles. The molecule has 0 spiro atoms. The summed E-state index contributed by atoms with van der Waals surface area (Å²) in [6, 6.07) is 9.76. The van der Waals surface area contributed by atoms with Crippen LogP contribution < -0.4 is 4.74 Å². The summed E-state index contributed by atoms with van der Waals surface area (Å²) in [5.74, 6) is 0.766. The maximum Gasteiger partial charge on any atom is 0.134 e. The van der Waals surface area contributed by atoms with Crippen molar-refractivity contribution in [3.8, 4) is 5.75 Å². The van der Waals surface area contributed by atoms with Crippen molar-refractivity contribution in [2.75, 3.05) is 32.9 Å². The van der Waals surface area contributed by atoms with Gasteiger partial charge in [-0.25, -0.2) is 0 Å². The van der Waals surface area contributed by atoms with E-state index in [2.05, 4.69) is 15.1 Å². The molecule has 0 bridgehead atoms. The maximum atomic E-state index is 10.9. The second kappa shape index (κ2) is 7.12. The molecule has 6 heteroatoms. The molecule has 23 heavy (non-hydrogen) atoms. The van der Waals surface area contributed by atoms with Crippen LogP contribution in [0.5, 0.6) is 5.75 Å². The molecule has 2 aromatic rings. The number of nitrogens with zero attached hydrogens (tertiary/aromatic N) is 2. The SMILES string of the molecule is Cc1cccc(OCC2(O)COCCN(Cc3ccn[nH]3)C2)c1. The van der Waals surface area contributed by atoms with Crippen LogP contribution in [0.2, 0.25) is 0 Å². The van der Waals surface area contributed by atoms with Crippen LogP contribution in [0.1, 0.15) is 11.3 Å². The van der Waals surface area contributed by atoms with E-state index >= 15 is 0 Å². The molecule has 0 amide bonds. The van der Waals surface area contributed by atoms with Gasteiger partial charge in [-0.15, -0.1) is 0 Å². The van der Waals surface area contributed by atoms with Crippen LogP contribution in [0.15, 0.2) is 36.5 Å². The highest BCUT2D eigenvalue weighted by molar-refractivity contribution is 5.27. The van der Waals surface area contributed by atoms with Gasteiger partial charge in [0, 0.05) is 31.5 Å². The number of hydrogen-bond acceptors (Lipinski definition) is 5. The van der Waals surface area contributed by atoms with Gasteiger partial charge in [-0.3, -0.25) is 10.00 Å². The average molecular weight is 317 g/mol. The molecule has 1 aliphatic rings. The van der Waals surface area contributed by atoms with Crippen LogP contribution in [0.4, 0.5) is 0 Å². The van der Waals surface area contributed by atoms with Gasteiger partial charge in [0.15, 0.2) is 0 Å². The quantitative estimate of drug-likeness (QED) is 0.871. The predicted octanol–water partition coefficient (Wildman–Crippen LogP) is 1.36. The van der Waals surface area contributed by atoms with E-state index in [-0.39, 0.29) is 13.2 Å². The summed E-state index contributed by atoms with van der Waals surface area (Å²) in [7, 11) is 0. The Bertz CT molecular complexity index is 617. The Hall–Kier alpha value is -1.89. The number of β-amino-alcohol motifs (C(OH)–C–C–N with tert-alkyl or cyclic N) is 1. The normalized spacial score (nSPS) is 22.7. The zero-order valence-corrected chi connectivity index (χ0v) is 13.4. The number of hydrogen-bond donors (Lipinski definition) is 2. The lowest BCUT2D eigenvalue weighted by Gasteiger charge is -2.30. The number of aromatic amines is 1. The van der Waals surface area contributed by atoms with Gasteiger partial charge in [-0.05, 0) is 30.7 Å². The summed E-state index contributed by atoms with van der Waals surface area (Å²) in [4.78, 5) is 2.15. The maximum absolute atomic E-state index is 10.9. The van der Waals surface area contributed by atoms with Gasteiger partial charge < -0.3 is 14.6 Å². The molecule has 124 valence electrons. The predicted molar refractivity (Wildman–Crippen MR) is 86.3 cm³/mol. The third-order valence-corrected chi connectivity index (χ3v) is 3.89. The van der Waals surface area contributed by atoms with E-state index < -0.39 is 5.60 Å². The van der Waals surface area contributed by atoms with Gasteiger partial charge in [0.2, 0.25) is 0 Å². The van der Waals surface area contributed by atoms with Crippen molar-refractivity contribution in [2.45, 2.75) is 19.1 Å². The summed E-state index contributed by atoms with van der Waals surface area (Å²) < 4.78 is 11.4. The monoisotopic (exact) mass is 317 g/mol. The number of aryl methyl sites for hydroxylation is 1. The summed E-state index contributed by atoms with van der Waals surface area (Å²) in [6.07, 6.45) is 1.73. The number of ether oxygens (including phenoxy) is 2. The molecule has 1 atom stereocenters. The fraction of sp³-hybridized carbons (Fsp3) is 0.471. The lowest BCUT2D eigenvalue weighted by molar-refractivity contribution is -0.0647. The first-order chi connectivity index (χ1) is 11.1. The van der Waals surface area contributed by atoms with E-state index in [1.807, 2.05) is 37.3 Å². The van der Waals surface area contributed by atoms with Crippen molar-refractivity contribution in [1.29, 1.82) is 0 Å². The van der Waals surface area contributed by atoms with E-state index in [1.54, 1.807) is 6.20 Å². The number of aliphatic hydroxyl groups is 1. The second-order valence-corrected chi connectivity index (χ2v) is 6.17. The molecular formula is C17H23N3O3. The Balaban J connectivity index is 1.61. The van der Waals surface area contributed by atoms with Gasteiger partial charge in [-0.2, -0.15) is 5.10 Å². The minimum absolute atomic E-state index is 0.204. The molecule has 0 radical (unpaired) electrons. The van der Waals surface area contributed by atoms with Crippen molar-refractivity contribution >= 4 is 0 Å². The molecule has 3 rings (SSSR count). The summed E-state index contributed by atoms with van der Waals surface area (Å²) in [5.41, 5.74) is 1.13. The molecule has 2 N–H and O–H groups in total. The van der Waals surface area contributed by atoms with Crippen molar-refractivity contribution < 1.29 is 14.6 Å². The summed E-state index contributed by atoms with van der Waals surface area (Å²) >= 11 is 0. The van der Waals surface area contributed by atoms with E-state index in [4.69, 9.17) is 9.47 Å². The molecule has 1 aromatic heterocycles. The topological polar surface area (TPSA) is 70.6 Å². The number of H-pyrrole nitrogens is 1. The second-order valence-electron chi connectivity index (χ2n) is 6.17. The third-order valence-electron chi connectivity index (χ3n) is 3.89. The van der Waals surface area contributed by atoms with E-state index in [1.165, 1.54) is 0 Å². The van der Waals surface area contributed by atoms with Gasteiger partial charge in [-0.1, -0.05) is 12.1 Å². The Morgan fingerprint density at radius 3 is 3.13 bits per heavy atom. The fourth-order valence-electron chi connectivity index (χ4n) is 2.76. The lowest BCUT2D eigenvalue weighted by Crippen LogP contribution is -2.48. The van der Waals surface area contributed by atoms with Crippen molar-refractivity contribution in [2.24, 2.45) is 0 Å². The van der Waals surface area contributed by atoms with E-state index in [0.717, 1.165) is 23.6 Å². The Kier molecular flexibility index (Phi) is 4.95. The molecule has 1 unspecified atom stereocenters. The van der Waals surface area contributed by atoms with Gasteiger partial charge in [0.1, 0.15) is 18.0 Å². The number of benzene rings is 1. The number of rotatable bonds is 5. The first-order valence-corrected chi connectivity index (χ1v) is 7.83. The molecule has 2 heterocycles. The minimum atomic E-state index is -1.03. The molecule has 6 nitrogen and oxygen atoms in total. The molecular weight excluding hydrogens is 294 g/mol. The highest BCUT2D eigenvalue weighted by Crippen LogP contribution is 2.18. The van der Waals surface area contributed by atoms with Crippen LogP contribution in [0, 0.1) is 6.92 Å². The fourth-order valence-corrected chi connectivity index (χ4v) is 2.76. The third kappa shape index (κ3) is 4.54. The van der Waals surface area contributed by atoms with Crippen LogP contribution in [-0.2, 0) is 11.3 Å². The van der Waals surface area contributed by atoms with Gasteiger partial charge in [0.25, 0.3) is 0 Å². The van der Waals surface area contributed by atoms with Crippen LogP contribution >= 0.6 is 0 Å². The Labute approximate surface area is 136 Å². The molecule has 0 aliphatic carbocycles. The summed E-state index contributed by atoms with van der Waals surface area (Å²) in [6.45, 7) is 5.07. The Morgan fingerprint density at radius 2 is 2.35 bits per heavy atom. The van der Waals surface area contributed by atoms with Crippen molar-refractivity contribution in [1.82, 2.24) is 15.1 Å². The Morgan fingerprint density at radius 1 is 1.43 bits per heavy atom. The lowest BCUT2D eigenvalue weighted by atomic mass is 10.1. The standard InChI is InChI=1S/C17H23N3O3/c1-14-3-2-4-16(9-14)23-13-17(21)11-20(7-8-22-12-17)10-15-5-6-18-19-15/h2-6,9,21H,7-8,10-13H2,1H3,(H,18,19). The van der Waals surface area contributed by atoms with Crippen molar-refractivity contribution in [3.63, 3.8) is 0 Å². The molecule has 1 aliphatic heterocycles. The summed E-state index contributed by atoms with van der Waals surface area (Å²) in [5, 5.41) is 17.8. The zero-order chi connectivity index (χ0) is 16.1. The zero-order valence-electron chi connectivity index (χ0n) is 13.4. The first-order valence-electron chi connectivity index (χ1n) is 7.83.